The predicted octanol–water partition coefficient (Wildman–Crippen LogP) is 3.46. The lowest BCUT2D eigenvalue weighted by Crippen LogP contribution is -2.43. The molecular formula is C17H28N2. The smallest absolute Gasteiger partial charge is 0.0399 e. The van der Waals surface area contributed by atoms with E-state index < -0.39 is 0 Å². The minimum Gasteiger partial charge on any atom is -0.370 e. The molecular weight excluding hydrogens is 232 g/mol. The summed E-state index contributed by atoms with van der Waals surface area (Å²) in [6.07, 6.45) is 2.42. The largest absolute Gasteiger partial charge is 0.370 e. The summed E-state index contributed by atoms with van der Waals surface area (Å²) in [6.45, 7) is 12.6. The number of nitrogens with zero attached hydrogens (tertiary/aromatic N) is 1. The lowest BCUT2D eigenvalue weighted by molar-refractivity contribution is 0.287. The van der Waals surface area contributed by atoms with Crippen LogP contribution in [0.25, 0.3) is 0 Å². The molecule has 0 bridgehead atoms. The fourth-order valence-electron chi connectivity index (χ4n) is 2.77. The van der Waals surface area contributed by atoms with E-state index in [1.165, 1.54) is 30.6 Å². The van der Waals surface area contributed by atoms with Crippen molar-refractivity contribution in [1.29, 1.82) is 0 Å². The minimum atomic E-state index is 0.349. The Hall–Kier alpha value is -1.02. The van der Waals surface area contributed by atoms with E-state index in [0.717, 1.165) is 13.1 Å². The van der Waals surface area contributed by atoms with Crippen molar-refractivity contribution in [1.82, 2.24) is 5.32 Å². The maximum atomic E-state index is 3.61. The molecule has 0 saturated heterocycles. The molecule has 1 aliphatic heterocycles. The van der Waals surface area contributed by atoms with Gasteiger partial charge >= 0.3 is 0 Å². The van der Waals surface area contributed by atoms with Gasteiger partial charge in [-0.25, -0.2) is 0 Å². The minimum absolute atomic E-state index is 0.349. The second-order valence-electron chi connectivity index (χ2n) is 6.50. The van der Waals surface area contributed by atoms with Gasteiger partial charge in [-0.05, 0) is 29.9 Å². The molecule has 0 amide bonds. The second-order valence-corrected chi connectivity index (χ2v) is 6.50. The van der Waals surface area contributed by atoms with Crippen LogP contribution in [0.15, 0.2) is 24.3 Å². The molecule has 1 unspecified atom stereocenters. The zero-order valence-corrected chi connectivity index (χ0v) is 12.9. The zero-order valence-electron chi connectivity index (χ0n) is 12.9. The summed E-state index contributed by atoms with van der Waals surface area (Å²) in [6, 6.07) is 9.42. The normalized spacial score (nSPS) is 17.6. The van der Waals surface area contributed by atoms with Gasteiger partial charge in [0.1, 0.15) is 0 Å². The molecule has 0 aromatic heterocycles. The average molecular weight is 260 g/mol. The summed E-state index contributed by atoms with van der Waals surface area (Å²) in [5.74, 6) is 0. The number of para-hydroxylation sites is 1. The van der Waals surface area contributed by atoms with Gasteiger partial charge in [0.15, 0.2) is 0 Å². The second kappa shape index (κ2) is 5.96. The Morgan fingerprint density at radius 2 is 2.05 bits per heavy atom. The first-order valence-corrected chi connectivity index (χ1v) is 7.60. The third-order valence-corrected chi connectivity index (χ3v) is 4.35. The molecule has 1 N–H and O–H groups in total. The average Bonchev–Trinajstić information content (AvgIpc) is 2.80. The number of benzene rings is 1. The third kappa shape index (κ3) is 3.50. The summed E-state index contributed by atoms with van der Waals surface area (Å²) in [4.78, 5) is 2.57. The molecule has 1 heterocycles. The lowest BCUT2D eigenvalue weighted by Gasteiger charge is -2.35. The molecule has 0 aliphatic carbocycles. The summed E-state index contributed by atoms with van der Waals surface area (Å²) >= 11 is 0. The van der Waals surface area contributed by atoms with Crippen molar-refractivity contribution in [3.63, 3.8) is 0 Å². The Balaban J connectivity index is 2.03. The molecule has 106 valence electrons. The van der Waals surface area contributed by atoms with E-state index in [4.69, 9.17) is 0 Å². The lowest BCUT2D eigenvalue weighted by atomic mass is 9.86. The summed E-state index contributed by atoms with van der Waals surface area (Å²) < 4.78 is 0. The molecule has 0 spiro atoms. The van der Waals surface area contributed by atoms with Crippen LogP contribution >= 0.6 is 0 Å². The fraction of sp³-hybridized carbons (Fsp3) is 0.647. The van der Waals surface area contributed by atoms with Gasteiger partial charge in [-0.3, -0.25) is 0 Å². The van der Waals surface area contributed by atoms with Crippen LogP contribution in [-0.4, -0.2) is 25.7 Å². The molecule has 2 nitrogen and oxygen atoms in total. The van der Waals surface area contributed by atoms with Crippen molar-refractivity contribution in [2.45, 2.75) is 46.6 Å². The quantitative estimate of drug-likeness (QED) is 0.842. The van der Waals surface area contributed by atoms with Gasteiger partial charge in [-0.1, -0.05) is 45.9 Å². The van der Waals surface area contributed by atoms with E-state index in [1.54, 1.807) is 0 Å². The van der Waals surface area contributed by atoms with E-state index >= 15 is 0 Å². The first-order valence-electron chi connectivity index (χ1n) is 7.60. The van der Waals surface area contributed by atoms with Crippen LogP contribution in [0.1, 0.15) is 39.7 Å². The summed E-state index contributed by atoms with van der Waals surface area (Å²) in [7, 11) is 0. The van der Waals surface area contributed by atoms with Crippen molar-refractivity contribution in [2.75, 3.05) is 24.5 Å². The van der Waals surface area contributed by atoms with Gasteiger partial charge in [0, 0.05) is 31.4 Å². The number of hydrogen-bond acceptors (Lipinski definition) is 2. The number of rotatable bonds is 6. The number of anilines is 1. The van der Waals surface area contributed by atoms with Crippen LogP contribution in [0, 0.1) is 5.41 Å². The van der Waals surface area contributed by atoms with Crippen LogP contribution in [0.3, 0.4) is 0 Å². The maximum Gasteiger partial charge on any atom is 0.0399 e. The molecule has 2 rings (SSSR count). The first-order chi connectivity index (χ1) is 9.04. The summed E-state index contributed by atoms with van der Waals surface area (Å²) in [5, 5.41) is 3.61. The molecule has 0 saturated carbocycles. The summed E-state index contributed by atoms with van der Waals surface area (Å²) in [5.41, 5.74) is 3.31. The number of fused-ring (bicyclic) bond motifs is 1. The highest BCUT2D eigenvalue weighted by Crippen LogP contribution is 2.32. The zero-order chi connectivity index (χ0) is 13.9. The van der Waals surface area contributed by atoms with Crippen molar-refractivity contribution < 1.29 is 0 Å². The molecule has 1 aliphatic rings. The van der Waals surface area contributed by atoms with Gasteiger partial charge in [-0.15, -0.1) is 0 Å². The maximum absolute atomic E-state index is 3.61. The van der Waals surface area contributed by atoms with Crippen molar-refractivity contribution >= 4 is 5.69 Å². The van der Waals surface area contributed by atoms with E-state index in [0.29, 0.717) is 11.5 Å². The Morgan fingerprint density at radius 3 is 2.74 bits per heavy atom. The predicted molar refractivity (Wildman–Crippen MR) is 83.9 cm³/mol. The molecule has 0 fully saturated rings. The van der Waals surface area contributed by atoms with E-state index in [2.05, 4.69) is 62.2 Å². The SMILES string of the molecule is CCC(C)(CNC(C)C)CN1CCc2ccccc21. The van der Waals surface area contributed by atoms with E-state index in [1.807, 2.05) is 0 Å². The van der Waals surface area contributed by atoms with Crippen molar-refractivity contribution in [3.05, 3.63) is 29.8 Å². The number of nitrogens with one attached hydrogen (secondary N) is 1. The van der Waals surface area contributed by atoms with Crippen LogP contribution in [0.2, 0.25) is 0 Å². The molecule has 2 heteroatoms. The van der Waals surface area contributed by atoms with Gasteiger partial charge in [-0.2, -0.15) is 0 Å². The molecule has 1 aromatic rings. The Kier molecular flexibility index (Phi) is 4.51. The molecule has 1 atom stereocenters. The highest BCUT2D eigenvalue weighted by molar-refractivity contribution is 5.57. The molecule has 0 radical (unpaired) electrons. The number of hydrogen-bond donors (Lipinski definition) is 1. The van der Waals surface area contributed by atoms with Crippen LogP contribution < -0.4 is 10.2 Å². The van der Waals surface area contributed by atoms with Crippen LogP contribution in [-0.2, 0) is 6.42 Å². The Bertz CT molecular complexity index is 413. The van der Waals surface area contributed by atoms with Crippen molar-refractivity contribution in [3.8, 4) is 0 Å². The fourth-order valence-corrected chi connectivity index (χ4v) is 2.77. The van der Waals surface area contributed by atoms with Gasteiger partial charge < -0.3 is 10.2 Å². The highest BCUT2D eigenvalue weighted by Gasteiger charge is 2.28. The van der Waals surface area contributed by atoms with E-state index in [-0.39, 0.29) is 0 Å². The van der Waals surface area contributed by atoms with Gasteiger partial charge in [0.05, 0.1) is 0 Å². The van der Waals surface area contributed by atoms with Crippen LogP contribution in [0.4, 0.5) is 5.69 Å². The monoisotopic (exact) mass is 260 g/mol. The first kappa shape index (κ1) is 14.4. The third-order valence-electron chi connectivity index (χ3n) is 4.35. The Labute approximate surface area is 118 Å². The highest BCUT2D eigenvalue weighted by atomic mass is 15.2. The standard InChI is InChI=1S/C17H28N2/c1-5-17(4,12-18-14(2)3)13-19-11-10-15-8-6-7-9-16(15)19/h6-9,14,18H,5,10-13H2,1-4H3. The van der Waals surface area contributed by atoms with Gasteiger partial charge in [0.2, 0.25) is 0 Å². The Morgan fingerprint density at radius 1 is 1.32 bits per heavy atom. The van der Waals surface area contributed by atoms with E-state index in [9.17, 15) is 0 Å². The van der Waals surface area contributed by atoms with Crippen molar-refractivity contribution in [2.24, 2.45) is 5.41 Å². The topological polar surface area (TPSA) is 15.3 Å². The van der Waals surface area contributed by atoms with Gasteiger partial charge in [0.25, 0.3) is 0 Å². The van der Waals surface area contributed by atoms with Crippen LogP contribution in [0.5, 0.6) is 0 Å². The molecule has 19 heavy (non-hydrogen) atoms. The molecule has 1 aromatic carbocycles.